The zero-order valence-electron chi connectivity index (χ0n) is 9.86. The molecule has 2 N–H and O–H groups in total. The zero-order valence-corrected chi connectivity index (χ0v) is 9.86. The van der Waals surface area contributed by atoms with E-state index in [0.29, 0.717) is 26.1 Å². The quantitative estimate of drug-likeness (QED) is 0.712. The minimum Gasteiger partial charge on any atom is -0.342 e. The summed E-state index contributed by atoms with van der Waals surface area (Å²) in [5.74, 6) is 0.198. The fraction of sp³-hybridized carbons (Fsp3) is 0.818. The van der Waals surface area contributed by atoms with Crippen molar-refractivity contribution < 1.29 is 4.79 Å². The van der Waals surface area contributed by atoms with E-state index in [0.717, 1.165) is 0 Å². The highest BCUT2D eigenvalue weighted by Crippen LogP contribution is 2.06. The molecule has 0 aliphatic heterocycles. The molecule has 0 fully saturated rings. The van der Waals surface area contributed by atoms with Crippen LogP contribution in [0.25, 0.3) is 0 Å². The lowest BCUT2D eigenvalue weighted by molar-refractivity contribution is -0.132. The number of amides is 1. The average Bonchev–Trinajstić information content (AvgIpc) is 2.24. The van der Waals surface area contributed by atoms with Crippen LogP contribution in [0.2, 0.25) is 0 Å². The molecule has 0 heterocycles. The molecule has 2 atom stereocenters. The standard InChI is InChI=1S/C11H21N3O/c1-4-14(8-10(3)7-13)11(15)5-9(2)6-12/h9-10H,4-6,8,12H2,1-3H3. The highest BCUT2D eigenvalue weighted by molar-refractivity contribution is 5.76. The summed E-state index contributed by atoms with van der Waals surface area (Å²) < 4.78 is 0. The van der Waals surface area contributed by atoms with Gasteiger partial charge in [-0.3, -0.25) is 4.79 Å². The van der Waals surface area contributed by atoms with Crippen LogP contribution in [0.1, 0.15) is 27.2 Å². The predicted molar refractivity (Wildman–Crippen MR) is 59.9 cm³/mol. The van der Waals surface area contributed by atoms with Gasteiger partial charge in [-0.05, 0) is 26.3 Å². The molecular formula is C11H21N3O. The van der Waals surface area contributed by atoms with Crippen LogP contribution in [0.15, 0.2) is 0 Å². The lowest BCUT2D eigenvalue weighted by Crippen LogP contribution is -2.35. The van der Waals surface area contributed by atoms with Crippen molar-refractivity contribution >= 4 is 5.91 Å². The van der Waals surface area contributed by atoms with Crippen molar-refractivity contribution in [2.75, 3.05) is 19.6 Å². The Morgan fingerprint density at radius 2 is 2.13 bits per heavy atom. The molecule has 0 saturated carbocycles. The molecule has 0 aromatic rings. The smallest absolute Gasteiger partial charge is 0.222 e. The molecule has 0 saturated heterocycles. The molecule has 0 rings (SSSR count). The zero-order chi connectivity index (χ0) is 11.8. The summed E-state index contributed by atoms with van der Waals surface area (Å²) in [6.45, 7) is 7.40. The SMILES string of the molecule is CCN(CC(C)C#N)C(=O)CC(C)CN. The van der Waals surface area contributed by atoms with Crippen LogP contribution in [-0.4, -0.2) is 30.4 Å². The van der Waals surface area contributed by atoms with Gasteiger partial charge >= 0.3 is 0 Å². The molecule has 0 aliphatic carbocycles. The van der Waals surface area contributed by atoms with Crippen LogP contribution in [0, 0.1) is 23.2 Å². The van der Waals surface area contributed by atoms with E-state index in [2.05, 4.69) is 6.07 Å². The van der Waals surface area contributed by atoms with Crippen LogP contribution in [0.4, 0.5) is 0 Å². The molecule has 2 unspecified atom stereocenters. The van der Waals surface area contributed by atoms with Crippen molar-refractivity contribution in [3.05, 3.63) is 0 Å². The van der Waals surface area contributed by atoms with E-state index in [-0.39, 0.29) is 17.7 Å². The first-order valence-corrected chi connectivity index (χ1v) is 5.42. The summed E-state index contributed by atoms with van der Waals surface area (Å²) in [7, 11) is 0. The Labute approximate surface area is 92.0 Å². The Morgan fingerprint density at radius 3 is 2.53 bits per heavy atom. The first kappa shape index (κ1) is 13.9. The van der Waals surface area contributed by atoms with Gasteiger partial charge in [-0.1, -0.05) is 6.92 Å². The minimum absolute atomic E-state index is 0.0950. The van der Waals surface area contributed by atoms with E-state index in [9.17, 15) is 4.79 Å². The monoisotopic (exact) mass is 211 g/mol. The van der Waals surface area contributed by atoms with Gasteiger partial charge in [0.1, 0.15) is 0 Å². The Hall–Kier alpha value is -1.08. The molecule has 0 spiro atoms. The van der Waals surface area contributed by atoms with Crippen molar-refractivity contribution in [1.82, 2.24) is 4.90 Å². The van der Waals surface area contributed by atoms with Crippen molar-refractivity contribution in [1.29, 1.82) is 5.26 Å². The second-order valence-corrected chi connectivity index (χ2v) is 4.01. The van der Waals surface area contributed by atoms with E-state index < -0.39 is 0 Å². The maximum atomic E-state index is 11.8. The van der Waals surface area contributed by atoms with Crippen LogP contribution >= 0.6 is 0 Å². The van der Waals surface area contributed by atoms with Gasteiger partial charge in [0.25, 0.3) is 0 Å². The number of rotatable bonds is 6. The van der Waals surface area contributed by atoms with Gasteiger partial charge in [0.05, 0.1) is 12.0 Å². The van der Waals surface area contributed by atoms with Crippen molar-refractivity contribution in [3.8, 4) is 6.07 Å². The highest BCUT2D eigenvalue weighted by Gasteiger charge is 2.16. The predicted octanol–water partition coefficient (Wildman–Crippen LogP) is 0.979. The third kappa shape index (κ3) is 5.38. The molecule has 86 valence electrons. The molecule has 4 nitrogen and oxygen atoms in total. The summed E-state index contributed by atoms with van der Waals surface area (Å²) in [6.07, 6.45) is 0.475. The minimum atomic E-state index is -0.109. The Balaban J connectivity index is 4.17. The van der Waals surface area contributed by atoms with Crippen molar-refractivity contribution in [3.63, 3.8) is 0 Å². The van der Waals surface area contributed by atoms with Gasteiger partial charge in [0, 0.05) is 19.5 Å². The van der Waals surface area contributed by atoms with Crippen molar-refractivity contribution in [2.45, 2.75) is 27.2 Å². The van der Waals surface area contributed by atoms with Crippen LogP contribution in [0.3, 0.4) is 0 Å². The summed E-state index contributed by atoms with van der Waals surface area (Å²) in [6, 6.07) is 2.13. The van der Waals surface area contributed by atoms with Crippen LogP contribution in [0.5, 0.6) is 0 Å². The van der Waals surface area contributed by atoms with Crippen LogP contribution in [-0.2, 0) is 4.79 Å². The molecule has 15 heavy (non-hydrogen) atoms. The molecule has 0 aliphatic rings. The van der Waals surface area contributed by atoms with E-state index in [1.807, 2.05) is 20.8 Å². The fourth-order valence-corrected chi connectivity index (χ4v) is 1.29. The number of nitrogens with zero attached hydrogens (tertiary/aromatic N) is 2. The van der Waals surface area contributed by atoms with E-state index in [1.54, 1.807) is 4.90 Å². The van der Waals surface area contributed by atoms with E-state index in [4.69, 9.17) is 11.0 Å². The second-order valence-electron chi connectivity index (χ2n) is 4.01. The maximum Gasteiger partial charge on any atom is 0.222 e. The third-order valence-corrected chi connectivity index (χ3v) is 2.37. The first-order valence-electron chi connectivity index (χ1n) is 5.42. The fourth-order valence-electron chi connectivity index (χ4n) is 1.29. The Morgan fingerprint density at radius 1 is 1.53 bits per heavy atom. The molecule has 0 aromatic heterocycles. The first-order chi connectivity index (χ1) is 7.04. The highest BCUT2D eigenvalue weighted by atomic mass is 16.2. The molecular weight excluding hydrogens is 190 g/mol. The number of nitriles is 1. The third-order valence-electron chi connectivity index (χ3n) is 2.37. The average molecular weight is 211 g/mol. The van der Waals surface area contributed by atoms with Gasteiger partial charge < -0.3 is 10.6 Å². The number of carbonyl (C=O) groups is 1. The van der Waals surface area contributed by atoms with Gasteiger partial charge in [-0.2, -0.15) is 5.26 Å². The number of hydrogen-bond acceptors (Lipinski definition) is 3. The molecule has 1 amide bonds. The van der Waals surface area contributed by atoms with E-state index >= 15 is 0 Å². The number of hydrogen-bond donors (Lipinski definition) is 1. The summed E-state index contributed by atoms with van der Waals surface area (Å²) in [4.78, 5) is 13.5. The van der Waals surface area contributed by atoms with Gasteiger partial charge in [-0.25, -0.2) is 0 Å². The second kappa shape index (κ2) is 7.24. The topological polar surface area (TPSA) is 70.1 Å². The largest absolute Gasteiger partial charge is 0.342 e. The van der Waals surface area contributed by atoms with E-state index in [1.165, 1.54) is 0 Å². The van der Waals surface area contributed by atoms with Crippen LogP contribution < -0.4 is 5.73 Å². The maximum absolute atomic E-state index is 11.8. The molecule has 0 radical (unpaired) electrons. The Kier molecular flexibility index (Phi) is 6.72. The lowest BCUT2D eigenvalue weighted by Gasteiger charge is -2.23. The van der Waals surface area contributed by atoms with Gasteiger partial charge in [-0.15, -0.1) is 0 Å². The number of nitrogens with two attached hydrogens (primary N) is 1. The summed E-state index contributed by atoms with van der Waals surface area (Å²) in [5.41, 5.74) is 5.47. The summed E-state index contributed by atoms with van der Waals surface area (Å²) >= 11 is 0. The van der Waals surface area contributed by atoms with Crippen molar-refractivity contribution in [2.24, 2.45) is 17.6 Å². The van der Waals surface area contributed by atoms with Gasteiger partial charge in [0.15, 0.2) is 0 Å². The normalized spacial score (nSPS) is 14.1. The summed E-state index contributed by atoms with van der Waals surface area (Å²) in [5, 5.41) is 8.68. The molecule has 0 bridgehead atoms. The molecule has 0 aromatic carbocycles. The lowest BCUT2D eigenvalue weighted by atomic mass is 10.1. The van der Waals surface area contributed by atoms with Gasteiger partial charge in [0.2, 0.25) is 5.91 Å². The Bertz CT molecular complexity index is 234. The number of carbonyl (C=O) groups excluding carboxylic acids is 1. The molecule has 4 heteroatoms.